The van der Waals surface area contributed by atoms with Crippen LogP contribution in [0.5, 0.6) is 0 Å². The Labute approximate surface area is 91.8 Å². The highest BCUT2D eigenvalue weighted by Crippen LogP contribution is 2.04. The molecule has 0 aliphatic heterocycles. The fourth-order valence-electron chi connectivity index (χ4n) is 0.479. The largest absolute Gasteiger partial charge is 0.750 e. The Kier molecular flexibility index (Phi) is 7.83. The Morgan fingerprint density at radius 1 is 1.31 bits per heavy atom. The van der Waals surface area contributed by atoms with E-state index in [4.69, 9.17) is 28.1 Å². The average molecular weight is 279 g/mol. The minimum absolute atomic E-state index is 1.16. The third-order valence-electron chi connectivity index (χ3n) is 0.995. The van der Waals surface area contributed by atoms with Crippen molar-refractivity contribution in [1.82, 2.24) is 0 Å². The first-order chi connectivity index (χ1) is 6.98. The summed E-state index contributed by atoms with van der Waals surface area (Å²) in [5.41, 5.74) is 0. The number of hydrogen-bond donors (Lipinski definition) is 4. The molecule has 0 fully saturated rings. The highest BCUT2D eigenvalue weighted by atomic mass is 32.2. The van der Waals surface area contributed by atoms with E-state index < -0.39 is 45.1 Å². The predicted molar refractivity (Wildman–Crippen MR) is 46.8 cm³/mol. The van der Waals surface area contributed by atoms with Gasteiger partial charge in [0.2, 0.25) is 0 Å². The number of carboxylic acid groups (broad SMARTS) is 2. The predicted octanol–water partition coefficient (Wildman–Crippen LogP) is -1.86. The van der Waals surface area contributed by atoms with Crippen LogP contribution in [0.25, 0.3) is 0 Å². The van der Waals surface area contributed by atoms with E-state index in [9.17, 15) is 18.0 Å². The lowest BCUT2D eigenvalue weighted by atomic mass is 10.3. The molecule has 0 aliphatic carbocycles. The Bertz CT molecular complexity index is 364. The van der Waals surface area contributed by atoms with Crippen LogP contribution in [-0.4, -0.2) is 53.7 Å². The van der Waals surface area contributed by atoms with Crippen molar-refractivity contribution in [3.63, 3.8) is 0 Å². The quantitative estimate of drug-likeness (QED) is 0.335. The van der Waals surface area contributed by atoms with Crippen molar-refractivity contribution in [1.29, 1.82) is 0 Å². The average Bonchev–Trinajstić information content (AvgIpc) is 1.95. The first-order valence-electron chi connectivity index (χ1n) is 3.17. The van der Waals surface area contributed by atoms with E-state index >= 15 is 0 Å². The molecule has 2 unspecified atom stereocenters. The second-order valence-electron chi connectivity index (χ2n) is 2.16. The Hall–Kier alpha value is -1.08. The molecule has 0 aromatic heterocycles. The van der Waals surface area contributed by atoms with Gasteiger partial charge >= 0.3 is 11.9 Å². The first-order valence-corrected chi connectivity index (χ1v) is 5.71. The molecule has 0 spiro atoms. The zero-order valence-corrected chi connectivity index (χ0v) is 8.97. The fourth-order valence-corrected chi connectivity index (χ4v) is 1.09. The lowest BCUT2D eigenvalue weighted by molar-refractivity contribution is -0.143. The summed E-state index contributed by atoms with van der Waals surface area (Å²) in [5, 5.41) is 13.9. The van der Waals surface area contributed by atoms with Gasteiger partial charge in [-0.25, -0.2) is 4.21 Å². The molecule has 0 radical (unpaired) electrons. The molecule has 96 valence electrons. The van der Waals surface area contributed by atoms with Crippen molar-refractivity contribution in [2.24, 2.45) is 0 Å². The third kappa shape index (κ3) is 11.0. The number of carbonyl (C=O) groups is 2. The maximum Gasteiger partial charge on any atom is 0.325 e. The van der Waals surface area contributed by atoms with Crippen molar-refractivity contribution in [3.05, 3.63) is 0 Å². The van der Waals surface area contributed by atoms with E-state index in [1.54, 1.807) is 0 Å². The van der Waals surface area contributed by atoms with Crippen LogP contribution in [0.4, 0.5) is 0 Å². The van der Waals surface area contributed by atoms with Crippen LogP contribution in [0.15, 0.2) is 0 Å². The molecular formula is C4H7O10S2-. The standard InChI is InChI=1S/C4H6O7S.H2O3S/c5-3(6)1-2(4(7)8)12(9,10)11;1-4(2)3/h2H,1H2,(H,5,6)(H,7,8)(H,9,10,11);(H2,1,2,3)/p-1. The van der Waals surface area contributed by atoms with Crippen LogP contribution in [0.2, 0.25) is 0 Å². The van der Waals surface area contributed by atoms with Gasteiger partial charge in [-0.2, -0.15) is 8.42 Å². The van der Waals surface area contributed by atoms with Crippen molar-refractivity contribution in [3.8, 4) is 0 Å². The zero-order valence-electron chi connectivity index (χ0n) is 7.34. The molecule has 0 aliphatic rings. The molecule has 4 N–H and O–H groups in total. The summed E-state index contributed by atoms with van der Waals surface area (Å²) in [6.07, 6.45) is -1.16. The lowest BCUT2D eigenvalue weighted by Gasteiger charge is -2.04. The van der Waals surface area contributed by atoms with Crippen molar-refractivity contribution in [2.45, 2.75) is 11.7 Å². The van der Waals surface area contributed by atoms with Gasteiger partial charge in [0.05, 0.1) is 17.8 Å². The minimum atomic E-state index is -4.84. The Morgan fingerprint density at radius 3 is 1.69 bits per heavy atom. The van der Waals surface area contributed by atoms with Gasteiger partial charge in [-0.05, 0) is 0 Å². The fraction of sp³-hybridized carbons (Fsp3) is 0.500. The molecular weight excluding hydrogens is 272 g/mol. The van der Waals surface area contributed by atoms with Crippen molar-refractivity contribution >= 4 is 33.4 Å². The van der Waals surface area contributed by atoms with Gasteiger partial charge in [0.1, 0.15) is 0 Å². The molecule has 2 atom stereocenters. The Balaban J connectivity index is 0. The van der Waals surface area contributed by atoms with Gasteiger partial charge in [-0.3, -0.25) is 14.1 Å². The van der Waals surface area contributed by atoms with Crippen LogP contribution in [-0.2, 0) is 31.1 Å². The van der Waals surface area contributed by atoms with E-state index in [2.05, 4.69) is 0 Å². The second kappa shape index (κ2) is 7.24. The van der Waals surface area contributed by atoms with Gasteiger partial charge in [0.15, 0.2) is 5.25 Å². The Morgan fingerprint density at radius 2 is 1.62 bits per heavy atom. The van der Waals surface area contributed by atoms with Gasteiger partial charge in [0, 0.05) is 0 Å². The maximum absolute atomic E-state index is 10.2. The minimum Gasteiger partial charge on any atom is -0.750 e. The SMILES string of the molecule is O=C(O)CC(C(=O)O)S(=O)(=O)O.O=S([O-])O. The maximum atomic E-state index is 10.2. The van der Waals surface area contributed by atoms with Crippen LogP contribution >= 0.6 is 0 Å². The summed E-state index contributed by atoms with van der Waals surface area (Å²) in [7, 11) is -4.84. The number of carboxylic acids is 2. The highest BCUT2D eigenvalue weighted by Gasteiger charge is 2.33. The molecule has 0 bridgehead atoms. The van der Waals surface area contributed by atoms with E-state index in [-0.39, 0.29) is 0 Å². The summed E-state index contributed by atoms with van der Waals surface area (Å²) >= 11 is -2.86. The lowest BCUT2D eigenvalue weighted by Crippen LogP contribution is -2.31. The van der Waals surface area contributed by atoms with Crippen molar-refractivity contribution < 1.29 is 46.1 Å². The highest BCUT2D eigenvalue weighted by molar-refractivity contribution is 7.87. The first kappa shape index (κ1) is 17.3. The van der Waals surface area contributed by atoms with Crippen LogP contribution in [0, 0.1) is 0 Å². The van der Waals surface area contributed by atoms with Gasteiger partial charge in [-0.1, -0.05) is 0 Å². The molecule has 0 amide bonds. The van der Waals surface area contributed by atoms with Crippen LogP contribution in [0.1, 0.15) is 6.42 Å². The van der Waals surface area contributed by atoms with Crippen LogP contribution in [0.3, 0.4) is 0 Å². The topological polar surface area (TPSA) is 189 Å². The zero-order chi connectivity index (χ0) is 13.5. The van der Waals surface area contributed by atoms with E-state index in [0.717, 1.165) is 0 Å². The molecule has 10 nitrogen and oxygen atoms in total. The van der Waals surface area contributed by atoms with Crippen molar-refractivity contribution in [2.75, 3.05) is 0 Å². The molecule has 16 heavy (non-hydrogen) atoms. The summed E-state index contributed by atoms with van der Waals surface area (Å²) < 4.78 is 52.7. The summed E-state index contributed by atoms with van der Waals surface area (Å²) in [5.74, 6) is -3.50. The smallest absolute Gasteiger partial charge is 0.325 e. The van der Waals surface area contributed by atoms with Gasteiger partial charge in [0.25, 0.3) is 10.1 Å². The number of aliphatic carboxylic acids is 2. The normalized spacial score (nSPS) is 14.2. The van der Waals surface area contributed by atoms with E-state index in [0.29, 0.717) is 0 Å². The number of rotatable bonds is 4. The summed E-state index contributed by atoms with van der Waals surface area (Å²) in [6, 6.07) is 0. The molecule has 0 saturated heterocycles. The molecule has 0 aromatic rings. The summed E-state index contributed by atoms with van der Waals surface area (Å²) in [6.45, 7) is 0. The van der Waals surface area contributed by atoms with Crippen LogP contribution < -0.4 is 0 Å². The summed E-state index contributed by atoms with van der Waals surface area (Å²) in [4.78, 5) is 20.0. The molecule has 12 heteroatoms. The molecule has 0 aromatic carbocycles. The molecule has 0 rings (SSSR count). The molecule has 0 heterocycles. The number of hydrogen-bond acceptors (Lipinski definition) is 6. The van der Waals surface area contributed by atoms with Gasteiger partial charge in [-0.15, -0.1) is 0 Å². The molecule has 0 saturated carbocycles. The van der Waals surface area contributed by atoms with E-state index in [1.165, 1.54) is 0 Å². The monoisotopic (exact) mass is 279 g/mol. The van der Waals surface area contributed by atoms with E-state index in [1.807, 2.05) is 0 Å². The van der Waals surface area contributed by atoms with Gasteiger partial charge < -0.3 is 19.3 Å². The third-order valence-corrected chi connectivity index (χ3v) is 2.08. The second-order valence-corrected chi connectivity index (χ2v) is 4.19.